The number of anilines is 1. The third kappa shape index (κ3) is 5.48. The molecule has 4 nitrogen and oxygen atoms in total. The summed E-state index contributed by atoms with van der Waals surface area (Å²) in [5.41, 5.74) is 1.97. The number of carbonyl (C=O) groups is 1. The van der Waals surface area contributed by atoms with E-state index in [4.69, 9.17) is 17.0 Å². The van der Waals surface area contributed by atoms with E-state index in [0.717, 1.165) is 5.57 Å². The minimum Gasteiger partial charge on any atom is -0.489 e. The lowest BCUT2D eigenvalue weighted by Crippen LogP contribution is -2.34. The van der Waals surface area contributed by atoms with Crippen LogP contribution in [0.25, 0.3) is 0 Å². The van der Waals surface area contributed by atoms with Crippen molar-refractivity contribution >= 4 is 28.9 Å². The maximum absolute atomic E-state index is 12.8. The molecule has 1 amide bonds. The second-order valence-corrected chi connectivity index (χ2v) is 5.59. The fourth-order valence-corrected chi connectivity index (χ4v) is 1.99. The number of halogens is 1. The zero-order valence-corrected chi connectivity index (χ0v) is 14.0. The van der Waals surface area contributed by atoms with Gasteiger partial charge in [0.2, 0.25) is 0 Å². The minimum atomic E-state index is -0.408. The van der Waals surface area contributed by atoms with Crippen molar-refractivity contribution in [3.63, 3.8) is 0 Å². The van der Waals surface area contributed by atoms with Gasteiger partial charge in [-0.05, 0) is 73.2 Å². The summed E-state index contributed by atoms with van der Waals surface area (Å²) in [6.07, 6.45) is 0. The first-order valence-corrected chi connectivity index (χ1v) is 7.60. The van der Waals surface area contributed by atoms with E-state index in [1.165, 1.54) is 24.3 Å². The normalized spacial score (nSPS) is 9.92. The second-order valence-electron chi connectivity index (χ2n) is 5.19. The highest BCUT2D eigenvalue weighted by atomic mass is 32.1. The summed E-state index contributed by atoms with van der Waals surface area (Å²) >= 11 is 5.10. The average molecular weight is 344 g/mol. The topological polar surface area (TPSA) is 50.4 Å². The van der Waals surface area contributed by atoms with E-state index in [1.54, 1.807) is 24.3 Å². The predicted octanol–water partition coefficient (Wildman–Crippen LogP) is 3.91. The molecule has 0 saturated carbocycles. The lowest BCUT2D eigenvalue weighted by Gasteiger charge is -2.11. The molecule has 2 aromatic carbocycles. The smallest absolute Gasteiger partial charge is 0.257 e. The van der Waals surface area contributed by atoms with E-state index >= 15 is 0 Å². The van der Waals surface area contributed by atoms with Gasteiger partial charge in [0.05, 0.1) is 0 Å². The van der Waals surface area contributed by atoms with Gasteiger partial charge in [0.1, 0.15) is 18.2 Å². The third-order valence-electron chi connectivity index (χ3n) is 2.93. The Morgan fingerprint density at radius 2 is 1.79 bits per heavy atom. The van der Waals surface area contributed by atoms with Crippen molar-refractivity contribution in [2.24, 2.45) is 0 Å². The van der Waals surface area contributed by atoms with Crippen LogP contribution < -0.4 is 15.4 Å². The van der Waals surface area contributed by atoms with Crippen molar-refractivity contribution in [3.8, 4) is 5.75 Å². The van der Waals surface area contributed by atoms with E-state index in [9.17, 15) is 9.18 Å². The molecule has 124 valence electrons. The monoisotopic (exact) mass is 344 g/mol. The van der Waals surface area contributed by atoms with Gasteiger partial charge >= 0.3 is 0 Å². The molecule has 2 aromatic rings. The van der Waals surface area contributed by atoms with Gasteiger partial charge in [0.15, 0.2) is 5.11 Å². The van der Waals surface area contributed by atoms with Crippen LogP contribution in [0.15, 0.2) is 60.7 Å². The molecule has 0 aliphatic heterocycles. The van der Waals surface area contributed by atoms with E-state index in [2.05, 4.69) is 17.2 Å². The Morgan fingerprint density at radius 3 is 2.38 bits per heavy atom. The molecular formula is C18H17FN2O2S. The third-order valence-corrected chi connectivity index (χ3v) is 3.14. The lowest BCUT2D eigenvalue weighted by molar-refractivity contribution is 0.0977. The Morgan fingerprint density at radius 1 is 1.17 bits per heavy atom. The Hall–Kier alpha value is -2.73. The van der Waals surface area contributed by atoms with E-state index < -0.39 is 11.7 Å². The average Bonchev–Trinajstić information content (AvgIpc) is 2.54. The molecule has 2 N–H and O–H groups in total. The molecule has 0 aliphatic carbocycles. The Bertz CT molecular complexity index is 743. The maximum Gasteiger partial charge on any atom is 0.257 e. The first-order valence-electron chi connectivity index (χ1n) is 7.19. The van der Waals surface area contributed by atoms with Crippen molar-refractivity contribution in [3.05, 3.63) is 72.1 Å². The summed E-state index contributed by atoms with van der Waals surface area (Å²) in [6, 6.07) is 12.4. The Kier molecular flexibility index (Phi) is 6.03. The van der Waals surface area contributed by atoms with Gasteiger partial charge in [-0.25, -0.2) is 4.39 Å². The lowest BCUT2D eigenvalue weighted by atomic mass is 10.2. The molecule has 0 atom stereocenters. The van der Waals surface area contributed by atoms with Crippen molar-refractivity contribution in [2.45, 2.75) is 6.92 Å². The van der Waals surface area contributed by atoms with Gasteiger partial charge in [0.25, 0.3) is 5.91 Å². The molecule has 0 radical (unpaired) electrons. The number of hydrogen-bond donors (Lipinski definition) is 2. The van der Waals surface area contributed by atoms with Crippen LogP contribution in [-0.2, 0) is 0 Å². The van der Waals surface area contributed by atoms with Crippen LogP contribution in [0, 0.1) is 5.82 Å². The van der Waals surface area contributed by atoms with Gasteiger partial charge in [-0.3, -0.25) is 10.1 Å². The van der Waals surface area contributed by atoms with E-state index in [1.807, 2.05) is 6.92 Å². The SMILES string of the molecule is C=C(C)COc1ccc(NC(=S)NC(=O)c2ccc(F)cc2)cc1. The number of hydrogen-bond acceptors (Lipinski definition) is 3. The zero-order valence-electron chi connectivity index (χ0n) is 13.1. The van der Waals surface area contributed by atoms with Crippen LogP contribution in [0.4, 0.5) is 10.1 Å². The maximum atomic E-state index is 12.8. The van der Waals surface area contributed by atoms with Crippen molar-refractivity contribution in [1.29, 1.82) is 0 Å². The second kappa shape index (κ2) is 8.21. The number of ether oxygens (including phenoxy) is 1. The summed E-state index contributed by atoms with van der Waals surface area (Å²) in [6.45, 7) is 6.11. The number of rotatable bonds is 5. The predicted molar refractivity (Wildman–Crippen MR) is 96.8 cm³/mol. The minimum absolute atomic E-state index is 0.153. The van der Waals surface area contributed by atoms with Crippen LogP contribution in [0.3, 0.4) is 0 Å². The number of amides is 1. The molecule has 0 aliphatic rings. The highest BCUT2D eigenvalue weighted by Gasteiger charge is 2.08. The molecule has 24 heavy (non-hydrogen) atoms. The van der Waals surface area contributed by atoms with Crippen molar-refractivity contribution < 1.29 is 13.9 Å². The van der Waals surface area contributed by atoms with Gasteiger partial charge < -0.3 is 10.1 Å². The highest BCUT2D eigenvalue weighted by molar-refractivity contribution is 7.80. The van der Waals surface area contributed by atoms with Crippen LogP contribution in [0.1, 0.15) is 17.3 Å². The summed E-state index contributed by atoms with van der Waals surface area (Å²) in [4.78, 5) is 12.0. The molecule has 0 bridgehead atoms. The highest BCUT2D eigenvalue weighted by Crippen LogP contribution is 2.16. The number of thiocarbonyl (C=S) groups is 1. The van der Waals surface area contributed by atoms with Gasteiger partial charge in [0, 0.05) is 11.3 Å². The molecule has 2 rings (SSSR count). The van der Waals surface area contributed by atoms with Gasteiger partial charge in [-0.15, -0.1) is 0 Å². The number of benzene rings is 2. The fraction of sp³-hybridized carbons (Fsp3) is 0.111. The van der Waals surface area contributed by atoms with Crippen LogP contribution in [0.2, 0.25) is 0 Å². The van der Waals surface area contributed by atoms with Gasteiger partial charge in [-0.2, -0.15) is 0 Å². The zero-order chi connectivity index (χ0) is 17.5. The van der Waals surface area contributed by atoms with E-state index in [0.29, 0.717) is 23.6 Å². The number of carbonyl (C=O) groups excluding carboxylic acids is 1. The van der Waals surface area contributed by atoms with Crippen molar-refractivity contribution in [2.75, 3.05) is 11.9 Å². The molecular weight excluding hydrogens is 327 g/mol. The first kappa shape index (κ1) is 17.6. The van der Waals surface area contributed by atoms with E-state index in [-0.39, 0.29) is 5.11 Å². The van der Waals surface area contributed by atoms with Crippen LogP contribution in [0.5, 0.6) is 5.75 Å². The molecule has 0 aromatic heterocycles. The molecule has 0 heterocycles. The Balaban J connectivity index is 1.88. The van der Waals surface area contributed by atoms with Gasteiger partial charge in [-0.1, -0.05) is 6.58 Å². The summed E-state index contributed by atoms with van der Waals surface area (Å²) in [5.74, 6) is -0.0973. The summed E-state index contributed by atoms with van der Waals surface area (Å²) in [7, 11) is 0. The van der Waals surface area contributed by atoms with Crippen LogP contribution >= 0.6 is 12.2 Å². The first-order chi connectivity index (χ1) is 11.4. The quantitative estimate of drug-likeness (QED) is 0.638. The largest absolute Gasteiger partial charge is 0.489 e. The Labute approximate surface area is 145 Å². The number of nitrogens with one attached hydrogen (secondary N) is 2. The molecule has 0 saturated heterocycles. The molecule has 6 heteroatoms. The molecule has 0 spiro atoms. The molecule has 0 unspecified atom stereocenters. The summed E-state index contributed by atoms with van der Waals surface area (Å²) in [5, 5.41) is 5.59. The molecule has 0 fully saturated rings. The summed E-state index contributed by atoms with van der Waals surface area (Å²) < 4.78 is 18.3. The van der Waals surface area contributed by atoms with Crippen LogP contribution in [-0.4, -0.2) is 17.6 Å². The fourth-order valence-electron chi connectivity index (χ4n) is 1.78. The van der Waals surface area contributed by atoms with Crippen molar-refractivity contribution in [1.82, 2.24) is 5.32 Å². The standard InChI is InChI=1S/C18H17FN2O2S/c1-12(2)11-23-16-9-7-15(8-10-16)20-18(24)21-17(22)13-3-5-14(19)6-4-13/h3-10H,1,11H2,2H3,(H2,20,21,22,24).